The number of aryl methyl sites for hydroxylation is 1. The van der Waals surface area contributed by atoms with E-state index in [-0.39, 0.29) is 17.3 Å². The van der Waals surface area contributed by atoms with Crippen LogP contribution in [0.25, 0.3) is 0 Å². The van der Waals surface area contributed by atoms with Gasteiger partial charge in [0.25, 0.3) is 5.91 Å². The van der Waals surface area contributed by atoms with Gasteiger partial charge in [-0.2, -0.15) is 0 Å². The van der Waals surface area contributed by atoms with Crippen molar-refractivity contribution in [2.45, 2.75) is 25.8 Å². The molecule has 0 atom stereocenters. The number of hydrogen-bond donors (Lipinski definition) is 1. The van der Waals surface area contributed by atoms with Crippen LogP contribution in [0.5, 0.6) is 0 Å². The third-order valence-electron chi connectivity index (χ3n) is 4.12. The molecule has 0 aromatic heterocycles. The predicted molar refractivity (Wildman–Crippen MR) is 105 cm³/mol. The van der Waals surface area contributed by atoms with Crippen LogP contribution in [-0.4, -0.2) is 24.1 Å². The van der Waals surface area contributed by atoms with Crippen molar-refractivity contribution in [2.24, 2.45) is 0 Å². The third kappa shape index (κ3) is 3.79. The van der Waals surface area contributed by atoms with Gasteiger partial charge in [0.05, 0.1) is 29.4 Å². The summed E-state index contributed by atoms with van der Waals surface area (Å²) in [6.07, 6.45) is 1.60. The fraction of sp³-hybridized carbons (Fsp3) is 0.278. The first-order chi connectivity index (χ1) is 12.3. The Labute approximate surface area is 168 Å². The number of amides is 1. The van der Waals surface area contributed by atoms with E-state index in [2.05, 4.69) is 27.9 Å². The second-order valence-electron chi connectivity index (χ2n) is 6.04. The molecule has 0 aliphatic heterocycles. The lowest BCUT2D eigenvalue weighted by molar-refractivity contribution is -0.101. The van der Waals surface area contributed by atoms with Crippen molar-refractivity contribution in [3.8, 4) is 0 Å². The molecule has 0 unspecified atom stereocenters. The lowest BCUT2D eigenvalue weighted by atomic mass is 10.1. The molecular formula is C18H16ClF2IN2O2. The van der Waals surface area contributed by atoms with Gasteiger partial charge in [0.2, 0.25) is 0 Å². The summed E-state index contributed by atoms with van der Waals surface area (Å²) in [4.78, 5) is 18.0. The molecule has 26 heavy (non-hydrogen) atoms. The van der Waals surface area contributed by atoms with Crippen LogP contribution in [0, 0.1) is 22.1 Å². The largest absolute Gasteiger partial charge is 0.352 e. The molecule has 0 bridgehead atoms. The van der Waals surface area contributed by atoms with Crippen molar-refractivity contribution in [1.82, 2.24) is 5.06 Å². The number of anilines is 2. The molecule has 138 valence electrons. The number of hydrogen-bond acceptors (Lipinski definition) is 3. The molecule has 0 heterocycles. The highest BCUT2D eigenvalue weighted by Crippen LogP contribution is 2.35. The first-order valence-electron chi connectivity index (χ1n) is 7.91. The summed E-state index contributed by atoms with van der Waals surface area (Å²) in [5.74, 6) is -2.98. The van der Waals surface area contributed by atoms with Crippen molar-refractivity contribution in [3.05, 3.63) is 55.6 Å². The quantitative estimate of drug-likeness (QED) is 0.343. The number of hydroxylamine groups is 2. The molecule has 1 amide bonds. The van der Waals surface area contributed by atoms with Crippen LogP contribution in [-0.2, 0) is 4.84 Å². The van der Waals surface area contributed by atoms with E-state index in [0.717, 1.165) is 28.0 Å². The lowest BCUT2D eigenvalue weighted by Gasteiger charge is -2.22. The maximum Gasteiger partial charge on any atom is 0.279 e. The summed E-state index contributed by atoms with van der Waals surface area (Å²) in [6.45, 7) is 1.84. The Balaban J connectivity index is 2.07. The van der Waals surface area contributed by atoms with Crippen LogP contribution in [0.1, 0.15) is 28.8 Å². The molecule has 8 heteroatoms. The Kier molecular flexibility index (Phi) is 5.69. The van der Waals surface area contributed by atoms with Crippen LogP contribution in [0.15, 0.2) is 24.3 Å². The molecule has 3 rings (SSSR count). The molecule has 1 aliphatic carbocycles. The van der Waals surface area contributed by atoms with Gasteiger partial charge in [-0.15, -0.1) is 0 Å². The van der Waals surface area contributed by atoms with E-state index < -0.39 is 22.6 Å². The number of nitrogens with one attached hydrogen (secondary N) is 1. The average molecular weight is 493 g/mol. The Morgan fingerprint density at radius 3 is 2.58 bits per heavy atom. The van der Waals surface area contributed by atoms with E-state index in [9.17, 15) is 13.6 Å². The molecule has 2 aromatic rings. The topological polar surface area (TPSA) is 41.6 Å². The van der Waals surface area contributed by atoms with Gasteiger partial charge in [0.15, 0.2) is 11.6 Å². The zero-order valence-electron chi connectivity index (χ0n) is 14.1. The number of rotatable bonds is 5. The van der Waals surface area contributed by atoms with Gasteiger partial charge in [0.1, 0.15) is 0 Å². The minimum atomic E-state index is -1.20. The van der Waals surface area contributed by atoms with Gasteiger partial charge in [-0.1, -0.05) is 11.6 Å². The average Bonchev–Trinajstić information content (AvgIpc) is 3.42. The third-order valence-corrected chi connectivity index (χ3v) is 5.06. The Morgan fingerprint density at radius 1 is 1.31 bits per heavy atom. The number of benzene rings is 2. The highest BCUT2D eigenvalue weighted by atomic mass is 127. The second-order valence-corrected chi connectivity index (χ2v) is 7.69. The zero-order valence-corrected chi connectivity index (χ0v) is 17.0. The Bertz CT molecular complexity index is 875. The first-order valence-corrected chi connectivity index (χ1v) is 9.37. The van der Waals surface area contributed by atoms with Crippen LogP contribution in [0.4, 0.5) is 20.2 Å². The Morgan fingerprint density at radius 2 is 2.00 bits per heavy atom. The first kappa shape index (κ1) is 19.3. The van der Waals surface area contributed by atoms with Crippen LogP contribution >= 0.6 is 34.2 Å². The zero-order chi connectivity index (χ0) is 19.0. The smallest absolute Gasteiger partial charge is 0.279 e. The number of carbonyl (C=O) groups excluding carboxylic acids is 1. The standard InChI is InChI=1S/C18H16ClF2IN2O2/c1-9-7-10(22)3-6-14(9)23-17-12(8-13(19)15(20)16(17)21)18(25)24(26-2)11-4-5-11/h3,6-8,11,23H,4-5H2,1-2H3. The van der Waals surface area contributed by atoms with E-state index in [1.165, 1.54) is 12.2 Å². The summed E-state index contributed by atoms with van der Waals surface area (Å²) in [7, 11) is 1.37. The van der Waals surface area contributed by atoms with Crippen molar-refractivity contribution >= 4 is 51.5 Å². The highest BCUT2D eigenvalue weighted by molar-refractivity contribution is 14.1. The molecule has 2 aromatic carbocycles. The van der Waals surface area contributed by atoms with Gasteiger partial charge in [0, 0.05) is 9.26 Å². The number of nitrogens with zero attached hydrogens (tertiary/aromatic N) is 1. The van der Waals surface area contributed by atoms with Crippen molar-refractivity contribution in [2.75, 3.05) is 12.4 Å². The molecule has 0 radical (unpaired) electrons. The summed E-state index contributed by atoms with van der Waals surface area (Å²) < 4.78 is 29.7. The molecule has 1 saturated carbocycles. The van der Waals surface area contributed by atoms with Crippen LogP contribution < -0.4 is 5.32 Å². The molecule has 4 nitrogen and oxygen atoms in total. The minimum Gasteiger partial charge on any atom is -0.352 e. The van der Waals surface area contributed by atoms with E-state index in [1.807, 2.05) is 19.1 Å². The van der Waals surface area contributed by atoms with E-state index >= 15 is 0 Å². The molecule has 1 fully saturated rings. The van der Waals surface area contributed by atoms with Gasteiger partial charge in [-0.3, -0.25) is 9.63 Å². The lowest BCUT2D eigenvalue weighted by Crippen LogP contribution is -2.32. The Hall–Kier alpha value is -1.45. The molecule has 1 aliphatic rings. The summed E-state index contributed by atoms with van der Waals surface area (Å²) in [5, 5.41) is 3.56. The maximum absolute atomic E-state index is 14.6. The van der Waals surface area contributed by atoms with Gasteiger partial charge < -0.3 is 5.32 Å². The monoisotopic (exact) mass is 492 g/mol. The summed E-state index contributed by atoms with van der Waals surface area (Å²) >= 11 is 7.94. The van der Waals surface area contributed by atoms with E-state index in [4.69, 9.17) is 16.4 Å². The fourth-order valence-corrected chi connectivity index (χ4v) is 3.45. The molecular weight excluding hydrogens is 477 g/mol. The fourth-order valence-electron chi connectivity index (χ4n) is 2.61. The minimum absolute atomic E-state index is 0.0627. The second kappa shape index (κ2) is 7.66. The number of halogens is 4. The SMILES string of the molecule is CON(C(=O)c1cc(Cl)c(F)c(F)c1Nc1ccc(I)cc1C)C1CC1. The van der Waals surface area contributed by atoms with Crippen LogP contribution in [0.3, 0.4) is 0 Å². The van der Waals surface area contributed by atoms with Gasteiger partial charge >= 0.3 is 0 Å². The van der Waals surface area contributed by atoms with E-state index in [0.29, 0.717) is 5.69 Å². The predicted octanol–water partition coefficient (Wildman–Crippen LogP) is 5.44. The van der Waals surface area contributed by atoms with Gasteiger partial charge in [-0.25, -0.2) is 13.8 Å². The molecule has 0 spiro atoms. The highest BCUT2D eigenvalue weighted by Gasteiger charge is 2.36. The van der Waals surface area contributed by atoms with E-state index in [1.54, 1.807) is 6.07 Å². The molecule has 0 saturated heterocycles. The van der Waals surface area contributed by atoms with Crippen molar-refractivity contribution in [1.29, 1.82) is 0 Å². The maximum atomic E-state index is 14.6. The van der Waals surface area contributed by atoms with Crippen molar-refractivity contribution in [3.63, 3.8) is 0 Å². The van der Waals surface area contributed by atoms with Gasteiger partial charge in [-0.05, 0) is 72.2 Å². The number of carbonyl (C=O) groups is 1. The summed E-state index contributed by atoms with van der Waals surface area (Å²) in [6, 6.07) is 6.52. The summed E-state index contributed by atoms with van der Waals surface area (Å²) in [5.41, 5.74) is 1.05. The molecule has 1 N–H and O–H groups in total. The van der Waals surface area contributed by atoms with Crippen molar-refractivity contribution < 1.29 is 18.4 Å². The normalized spacial score (nSPS) is 13.6. The van der Waals surface area contributed by atoms with Crippen LogP contribution in [0.2, 0.25) is 5.02 Å².